The van der Waals surface area contributed by atoms with E-state index in [0.717, 1.165) is 54.5 Å². The minimum absolute atomic E-state index is 0.0261. The molecule has 2 aliphatic rings. The number of carbonyl (C=O) groups excluding carboxylic acids is 3. The van der Waals surface area contributed by atoms with E-state index in [1.54, 1.807) is 5.01 Å². The van der Waals surface area contributed by atoms with Gasteiger partial charge in [0.15, 0.2) is 0 Å². The largest absolute Gasteiger partial charge is 0.469 e. The van der Waals surface area contributed by atoms with Crippen LogP contribution < -0.4 is 5.32 Å². The Hall–Kier alpha value is -3.48. The molecule has 1 aliphatic carbocycles. The lowest BCUT2D eigenvalue weighted by Crippen LogP contribution is -2.41. The fourth-order valence-electron chi connectivity index (χ4n) is 5.71. The molecule has 0 bridgehead atoms. The molecular weight excluding hydrogens is 490 g/mol. The number of rotatable bonds is 10. The minimum atomic E-state index is -0.240. The first kappa shape index (κ1) is 28.5. The van der Waals surface area contributed by atoms with Crippen molar-refractivity contribution in [1.82, 2.24) is 10.3 Å². The molecule has 2 aromatic rings. The molecule has 1 atom stereocenters. The van der Waals surface area contributed by atoms with Crippen molar-refractivity contribution in [3.63, 3.8) is 0 Å². The van der Waals surface area contributed by atoms with Gasteiger partial charge in [-0.05, 0) is 60.6 Å². The summed E-state index contributed by atoms with van der Waals surface area (Å²) >= 11 is 0. The zero-order chi connectivity index (χ0) is 27.8. The molecule has 0 radical (unpaired) electrons. The normalized spacial score (nSPS) is 20.4. The predicted octanol–water partition coefficient (Wildman–Crippen LogP) is 5.58. The Morgan fingerprint density at radius 3 is 2.33 bits per heavy atom. The Morgan fingerprint density at radius 1 is 1.00 bits per heavy atom. The number of hydrogen-bond acceptors (Lipinski definition) is 5. The molecule has 1 heterocycles. The van der Waals surface area contributed by atoms with Crippen LogP contribution in [0.4, 0.5) is 0 Å². The lowest BCUT2D eigenvalue weighted by molar-refractivity contribution is -0.141. The van der Waals surface area contributed by atoms with Gasteiger partial charge in [-0.15, -0.1) is 0 Å². The van der Waals surface area contributed by atoms with Gasteiger partial charge in [-0.25, -0.2) is 5.01 Å². The van der Waals surface area contributed by atoms with Crippen LogP contribution in [0.1, 0.15) is 87.8 Å². The van der Waals surface area contributed by atoms with Crippen molar-refractivity contribution in [3.05, 3.63) is 71.3 Å². The molecule has 1 fully saturated rings. The van der Waals surface area contributed by atoms with E-state index in [9.17, 15) is 14.4 Å². The highest BCUT2D eigenvalue weighted by Crippen LogP contribution is 2.30. The van der Waals surface area contributed by atoms with Crippen molar-refractivity contribution in [2.24, 2.45) is 16.9 Å². The third-order valence-electron chi connectivity index (χ3n) is 8.01. The fourth-order valence-corrected chi connectivity index (χ4v) is 5.71. The second-order valence-corrected chi connectivity index (χ2v) is 11.2. The summed E-state index contributed by atoms with van der Waals surface area (Å²) in [6.45, 7) is 4.56. The Kier molecular flexibility index (Phi) is 9.90. The first-order valence-corrected chi connectivity index (χ1v) is 14.2. The molecule has 39 heavy (non-hydrogen) atoms. The van der Waals surface area contributed by atoms with Gasteiger partial charge >= 0.3 is 5.97 Å². The Morgan fingerprint density at radius 2 is 1.69 bits per heavy atom. The second-order valence-electron chi connectivity index (χ2n) is 11.2. The average molecular weight is 532 g/mol. The molecule has 7 heteroatoms. The molecule has 0 saturated heterocycles. The van der Waals surface area contributed by atoms with Gasteiger partial charge < -0.3 is 10.1 Å². The topological polar surface area (TPSA) is 88.1 Å². The van der Waals surface area contributed by atoms with E-state index in [1.807, 2.05) is 54.6 Å². The van der Waals surface area contributed by atoms with Crippen LogP contribution in [0.5, 0.6) is 0 Å². The number of nitrogens with one attached hydrogen (secondary N) is 1. The van der Waals surface area contributed by atoms with E-state index in [0.29, 0.717) is 31.7 Å². The summed E-state index contributed by atoms with van der Waals surface area (Å²) in [6.07, 6.45) is 6.35. The lowest BCUT2D eigenvalue weighted by Gasteiger charge is -2.31. The molecule has 208 valence electrons. The van der Waals surface area contributed by atoms with Gasteiger partial charge in [-0.3, -0.25) is 14.4 Å². The smallest absolute Gasteiger partial charge is 0.305 e. The van der Waals surface area contributed by atoms with Crippen molar-refractivity contribution in [2.75, 3.05) is 7.11 Å². The van der Waals surface area contributed by atoms with Gasteiger partial charge in [0.05, 0.1) is 25.3 Å². The molecule has 1 aliphatic heterocycles. The minimum Gasteiger partial charge on any atom is -0.469 e. The van der Waals surface area contributed by atoms with Gasteiger partial charge in [0.1, 0.15) is 0 Å². The summed E-state index contributed by atoms with van der Waals surface area (Å²) in [7, 11) is 1.43. The number of methoxy groups -OCH3 is 1. The maximum atomic E-state index is 13.4. The number of amides is 2. The zero-order valence-electron chi connectivity index (χ0n) is 23.4. The van der Waals surface area contributed by atoms with E-state index in [2.05, 4.69) is 24.3 Å². The average Bonchev–Trinajstić information content (AvgIpc) is 2.95. The van der Waals surface area contributed by atoms with Crippen LogP contribution in [0.3, 0.4) is 0 Å². The Labute approximate surface area is 232 Å². The van der Waals surface area contributed by atoms with Crippen LogP contribution in [-0.4, -0.2) is 41.7 Å². The van der Waals surface area contributed by atoms with Crippen molar-refractivity contribution < 1.29 is 19.1 Å². The highest BCUT2D eigenvalue weighted by molar-refractivity contribution is 6.04. The Bertz CT molecular complexity index is 1150. The van der Waals surface area contributed by atoms with Crippen molar-refractivity contribution in [3.8, 4) is 0 Å². The third kappa shape index (κ3) is 7.78. The number of nitrogens with zero attached hydrogens (tertiary/aromatic N) is 2. The third-order valence-corrected chi connectivity index (χ3v) is 8.01. The molecule has 1 N–H and O–H groups in total. The SMILES string of the molecule is COC(=O)CC[C@H]1CC[C@H](NC(=O)C(c2ccc(CN3N=C(c4ccccc4)CCC3=O)cc2)C(C)C)CC1. The van der Waals surface area contributed by atoms with E-state index in [1.165, 1.54) is 7.11 Å². The molecule has 7 nitrogen and oxygen atoms in total. The van der Waals surface area contributed by atoms with Crippen LogP contribution in [0.15, 0.2) is 59.7 Å². The summed E-state index contributed by atoms with van der Waals surface area (Å²) < 4.78 is 4.76. The monoisotopic (exact) mass is 531 g/mol. The quantitative estimate of drug-likeness (QED) is 0.406. The summed E-state index contributed by atoms with van der Waals surface area (Å²) in [5.74, 6) is 0.371. The van der Waals surface area contributed by atoms with E-state index < -0.39 is 0 Å². The van der Waals surface area contributed by atoms with Crippen LogP contribution in [0.2, 0.25) is 0 Å². The first-order chi connectivity index (χ1) is 18.8. The van der Waals surface area contributed by atoms with Crippen LogP contribution in [0, 0.1) is 11.8 Å². The molecule has 2 aromatic carbocycles. The number of esters is 1. The van der Waals surface area contributed by atoms with Crippen molar-refractivity contribution in [2.45, 2.75) is 83.7 Å². The van der Waals surface area contributed by atoms with Gasteiger partial charge in [0.25, 0.3) is 0 Å². The van der Waals surface area contributed by atoms with E-state index in [4.69, 9.17) is 4.74 Å². The number of ether oxygens (including phenoxy) is 1. The summed E-state index contributed by atoms with van der Waals surface area (Å²) in [6, 6.07) is 18.2. The van der Waals surface area contributed by atoms with Gasteiger partial charge in [0, 0.05) is 25.3 Å². The summed E-state index contributed by atoms with van der Waals surface area (Å²) in [4.78, 5) is 37.4. The maximum Gasteiger partial charge on any atom is 0.305 e. The molecule has 2 amide bonds. The van der Waals surface area contributed by atoms with Crippen LogP contribution >= 0.6 is 0 Å². The first-order valence-electron chi connectivity index (χ1n) is 14.2. The maximum absolute atomic E-state index is 13.4. The molecule has 0 spiro atoms. The number of hydrazone groups is 1. The predicted molar refractivity (Wildman–Crippen MR) is 152 cm³/mol. The van der Waals surface area contributed by atoms with Crippen LogP contribution in [-0.2, 0) is 25.7 Å². The molecule has 4 rings (SSSR count). The number of carbonyl (C=O) groups is 3. The fraction of sp³-hybridized carbons (Fsp3) is 0.500. The molecule has 1 unspecified atom stereocenters. The zero-order valence-corrected chi connectivity index (χ0v) is 23.4. The summed E-state index contributed by atoms with van der Waals surface area (Å²) in [5, 5.41) is 9.52. The Balaban J connectivity index is 1.34. The molecule has 0 aromatic heterocycles. The van der Waals surface area contributed by atoms with Crippen molar-refractivity contribution in [1.29, 1.82) is 0 Å². The number of hydrogen-bond donors (Lipinski definition) is 1. The number of benzene rings is 2. The van der Waals surface area contributed by atoms with E-state index in [-0.39, 0.29) is 35.7 Å². The highest BCUT2D eigenvalue weighted by Gasteiger charge is 2.29. The van der Waals surface area contributed by atoms with Gasteiger partial charge in [-0.1, -0.05) is 68.4 Å². The van der Waals surface area contributed by atoms with Crippen LogP contribution in [0.25, 0.3) is 0 Å². The standard InChI is InChI=1S/C32H41N3O4/c1-22(2)31(32(38)33-27-16-11-23(12-17-27)13-20-30(37)39-3)26-14-9-24(10-15-26)21-35-29(36)19-18-28(34-35)25-7-5-4-6-8-25/h4-10,14-15,22-23,27,31H,11-13,16-21H2,1-3H3,(H,33,38)/t23-,27-,31?. The van der Waals surface area contributed by atoms with Gasteiger partial charge in [0.2, 0.25) is 11.8 Å². The molecule has 1 saturated carbocycles. The highest BCUT2D eigenvalue weighted by atomic mass is 16.5. The molecular formula is C32H41N3O4. The van der Waals surface area contributed by atoms with Crippen molar-refractivity contribution >= 4 is 23.5 Å². The van der Waals surface area contributed by atoms with Gasteiger partial charge in [-0.2, -0.15) is 5.10 Å². The lowest BCUT2D eigenvalue weighted by atomic mass is 9.82. The summed E-state index contributed by atoms with van der Waals surface area (Å²) in [5.41, 5.74) is 3.95. The second kappa shape index (κ2) is 13.5. The van der Waals surface area contributed by atoms with E-state index >= 15 is 0 Å².